The molecular weight excluding hydrogens is 366 g/mol. The highest BCUT2D eigenvalue weighted by Crippen LogP contribution is 2.24. The molecule has 3 rings (SSSR count). The number of non-ortho nitro benzene ring substituents is 1. The molecule has 0 aliphatic rings. The first-order valence-corrected chi connectivity index (χ1v) is 9.73. The van der Waals surface area contributed by atoms with E-state index in [1.54, 1.807) is 16.8 Å². The van der Waals surface area contributed by atoms with Crippen molar-refractivity contribution in [1.29, 1.82) is 0 Å². The zero-order valence-corrected chi connectivity index (χ0v) is 16.9. The fourth-order valence-electron chi connectivity index (χ4n) is 3.32. The van der Waals surface area contributed by atoms with Crippen LogP contribution in [0.25, 0.3) is 11.3 Å². The maximum atomic E-state index is 10.8. The van der Waals surface area contributed by atoms with Gasteiger partial charge in [0.15, 0.2) is 0 Å². The minimum Gasteiger partial charge on any atom is -0.312 e. The first-order chi connectivity index (χ1) is 14.0. The molecule has 0 amide bonds. The van der Waals surface area contributed by atoms with Crippen LogP contribution in [0, 0.1) is 10.1 Å². The molecular formula is C22H27N5O2. The van der Waals surface area contributed by atoms with Crippen molar-refractivity contribution in [2.24, 2.45) is 7.05 Å². The number of nitro groups is 1. The molecule has 0 radical (unpaired) electrons. The van der Waals surface area contributed by atoms with E-state index in [9.17, 15) is 10.1 Å². The molecule has 0 spiro atoms. The lowest BCUT2D eigenvalue weighted by atomic mass is 10.1. The van der Waals surface area contributed by atoms with Crippen molar-refractivity contribution in [2.75, 3.05) is 20.1 Å². The first-order valence-electron chi connectivity index (χ1n) is 9.73. The zero-order chi connectivity index (χ0) is 20.6. The van der Waals surface area contributed by atoms with Gasteiger partial charge in [-0.1, -0.05) is 30.3 Å². The lowest BCUT2D eigenvalue weighted by molar-refractivity contribution is -0.384. The lowest BCUT2D eigenvalue weighted by Gasteiger charge is -2.16. The molecule has 1 heterocycles. The van der Waals surface area contributed by atoms with Crippen LogP contribution in [-0.4, -0.2) is 39.7 Å². The van der Waals surface area contributed by atoms with Crippen molar-refractivity contribution < 1.29 is 4.92 Å². The summed E-state index contributed by atoms with van der Waals surface area (Å²) in [5.41, 5.74) is 4.24. The van der Waals surface area contributed by atoms with Crippen LogP contribution >= 0.6 is 0 Å². The van der Waals surface area contributed by atoms with Crippen molar-refractivity contribution in [3.63, 3.8) is 0 Å². The van der Waals surface area contributed by atoms with Crippen molar-refractivity contribution in [3.8, 4) is 11.3 Å². The minimum absolute atomic E-state index is 0.0870. The van der Waals surface area contributed by atoms with E-state index in [0.717, 1.165) is 42.9 Å². The number of nitrogens with zero attached hydrogens (tertiary/aromatic N) is 4. The number of hydrogen-bond acceptors (Lipinski definition) is 5. The second-order valence-electron chi connectivity index (χ2n) is 7.23. The molecule has 0 saturated carbocycles. The molecule has 1 aromatic heterocycles. The van der Waals surface area contributed by atoms with E-state index in [1.807, 2.05) is 19.3 Å². The SMILES string of the molecule is CN(CCCNCc1cn(C)nc1-c1ccc([N+](=O)[O-])cc1)Cc1ccccc1. The Balaban J connectivity index is 1.48. The predicted octanol–water partition coefficient (Wildman–Crippen LogP) is 3.61. The summed E-state index contributed by atoms with van der Waals surface area (Å²) in [5, 5.41) is 18.9. The number of nitro benzene ring substituents is 1. The Bertz CT molecular complexity index is 922. The Kier molecular flexibility index (Phi) is 7.10. The number of nitrogens with one attached hydrogen (secondary N) is 1. The number of benzene rings is 2. The fraction of sp³-hybridized carbons (Fsp3) is 0.318. The van der Waals surface area contributed by atoms with E-state index >= 15 is 0 Å². The molecule has 7 heteroatoms. The Hall–Kier alpha value is -3.03. The summed E-state index contributed by atoms with van der Waals surface area (Å²) in [5.74, 6) is 0. The van der Waals surface area contributed by atoms with E-state index in [1.165, 1.54) is 17.7 Å². The molecule has 0 atom stereocenters. The second-order valence-corrected chi connectivity index (χ2v) is 7.23. The van der Waals surface area contributed by atoms with Gasteiger partial charge in [0.05, 0.1) is 10.6 Å². The number of rotatable bonds is 10. The van der Waals surface area contributed by atoms with Crippen molar-refractivity contribution in [3.05, 3.63) is 82.0 Å². The smallest absolute Gasteiger partial charge is 0.269 e. The van der Waals surface area contributed by atoms with Crippen LogP contribution in [0.3, 0.4) is 0 Å². The number of hydrogen-bond donors (Lipinski definition) is 1. The molecule has 1 N–H and O–H groups in total. The molecule has 152 valence electrons. The van der Waals surface area contributed by atoms with Crippen LogP contribution in [0.2, 0.25) is 0 Å². The van der Waals surface area contributed by atoms with Crippen molar-refractivity contribution >= 4 is 5.69 Å². The third-order valence-electron chi connectivity index (χ3n) is 4.76. The quantitative estimate of drug-likeness (QED) is 0.323. The Labute approximate surface area is 171 Å². The molecule has 0 saturated heterocycles. The highest BCUT2D eigenvalue weighted by Gasteiger charge is 2.12. The molecule has 0 aliphatic heterocycles. The fourth-order valence-corrected chi connectivity index (χ4v) is 3.32. The average Bonchev–Trinajstić information content (AvgIpc) is 3.09. The summed E-state index contributed by atoms with van der Waals surface area (Å²) in [6, 6.07) is 17.0. The molecule has 0 fully saturated rings. The highest BCUT2D eigenvalue weighted by molar-refractivity contribution is 5.64. The van der Waals surface area contributed by atoms with Gasteiger partial charge in [-0.05, 0) is 44.3 Å². The van der Waals surface area contributed by atoms with Gasteiger partial charge in [-0.3, -0.25) is 14.8 Å². The van der Waals surface area contributed by atoms with Crippen LogP contribution in [0.15, 0.2) is 60.8 Å². The normalized spacial score (nSPS) is 11.1. The minimum atomic E-state index is -0.389. The summed E-state index contributed by atoms with van der Waals surface area (Å²) in [7, 11) is 4.03. The van der Waals surface area contributed by atoms with Crippen LogP contribution in [0.1, 0.15) is 17.5 Å². The first kappa shape index (κ1) is 20.7. The third-order valence-corrected chi connectivity index (χ3v) is 4.76. The van der Waals surface area contributed by atoms with Gasteiger partial charge in [0, 0.05) is 49.6 Å². The summed E-state index contributed by atoms with van der Waals surface area (Å²) < 4.78 is 1.78. The highest BCUT2D eigenvalue weighted by atomic mass is 16.6. The monoisotopic (exact) mass is 393 g/mol. The van der Waals surface area contributed by atoms with Gasteiger partial charge in [0.25, 0.3) is 5.69 Å². The molecule has 0 bridgehead atoms. The van der Waals surface area contributed by atoms with E-state index in [0.29, 0.717) is 6.54 Å². The lowest BCUT2D eigenvalue weighted by Crippen LogP contribution is -2.23. The van der Waals surface area contributed by atoms with Crippen LogP contribution in [0.5, 0.6) is 0 Å². The summed E-state index contributed by atoms with van der Waals surface area (Å²) in [6.45, 7) is 3.59. The largest absolute Gasteiger partial charge is 0.312 e. The number of aromatic nitrogens is 2. The van der Waals surface area contributed by atoms with Crippen LogP contribution in [0.4, 0.5) is 5.69 Å². The van der Waals surface area contributed by atoms with Crippen LogP contribution < -0.4 is 5.32 Å². The number of aryl methyl sites for hydroxylation is 1. The Morgan fingerprint density at radius 1 is 1.14 bits per heavy atom. The molecule has 3 aromatic rings. The van der Waals surface area contributed by atoms with E-state index in [2.05, 4.69) is 46.6 Å². The van der Waals surface area contributed by atoms with E-state index in [-0.39, 0.29) is 10.6 Å². The molecule has 0 unspecified atom stereocenters. The van der Waals surface area contributed by atoms with Gasteiger partial charge in [-0.25, -0.2) is 0 Å². The topological polar surface area (TPSA) is 76.2 Å². The van der Waals surface area contributed by atoms with E-state index in [4.69, 9.17) is 0 Å². The van der Waals surface area contributed by atoms with Gasteiger partial charge in [0.2, 0.25) is 0 Å². The molecule has 29 heavy (non-hydrogen) atoms. The van der Waals surface area contributed by atoms with Gasteiger partial charge in [-0.15, -0.1) is 0 Å². The second kappa shape index (κ2) is 9.95. The Morgan fingerprint density at radius 3 is 2.55 bits per heavy atom. The van der Waals surface area contributed by atoms with Gasteiger partial charge >= 0.3 is 0 Å². The molecule has 0 aliphatic carbocycles. The van der Waals surface area contributed by atoms with Gasteiger partial charge in [-0.2, -0.15) is 5.10 Å². The molecule has 7 nitrogen and oxygen atoms in total. The average molecular weight is 393 g/mol. The predicted molar refractivity (Wildman–Crippen MR) is 114 cm³/mol. The standard InChI is InChI=1S/C22H27N5O2/c1-25(16-18-7-4-3-5-8-18)14-6-13-23-15-20-17-26(2)24-22(20)19-9-11-21(12-10-19)27(28)29/h3-5,7-12,17,23H,6,13-16H2,1-2H3. The van der Waals surface area contributed by atoms with Crippen molar-refractivity contribution in [2.45, 2.75) is 19.5 Å². The van der Waals surface area contributed by atoms with Crippen molar-refractivity contribution in [1.82, 2.24) is 20.0 Å². The maximum Gasteiger partial charge on any atom is 0.269 e. The Morgan fingerprint density at radius 2 is 1.86 bits per heavy atom. The summed E-state index contributed by atoms with van der Waals surface area (Å²) >= 11 is 0. The third kappa shape index (κ3) is 5.97. The summed E-state index contributed by atoms with van der Waals surface area (Å²) in [6.07, 6.45) is 3.04. The van der Waals surface area contributed by atoms with Crippen LogP contribution in [-0.2, 0) is 20.1 Å². The van der Waals surface area contributed by atoms with Gasteiger partial charge < -0.3 is 10.2 Å². The molecule has 2 aromatic carbocycles. The zero-order valence-electron chi connectivity index (χ0n) is 16.9. The van der Waals surface area contributed by atoms with E-state index < -0.39 is 0 Å². The summed E-state index contributed by atoms with van der Waals surface area (Å²) in [4.78, 5) is 12.8. The maximum absolute atomic E-state index is 10.8. The van der Waals surface area contributed by atoms with Gasteiger partial charge in [0.1, 0.15) is 0 Å².